The van der Waals surface area contributed by atoms with Gasteiger partial charge in [-0.15, -0.1) is 0 Å². The molecule has 0 atom stereocenters. The Morgan fingerprint density at radius 2 is 0.860 bits per heavy atom. The number of hydrogen-bond donors (Lipinski definition) is 0. The van der Waals surface area contributed by atoms with Crippen molar-refractivity contribution in [1.29, 1.82) is 0 Å². The first-order valence-electron chi connectivity index (χ1n) is 19.4. The summed E-state index contributed by atoms with van der Waals surface area (Å²) >= 11 is 0. The molecule has 10 aromatic carbocycles. The van der Waals surface area contributed by atoms with E-state index in [1.54, 1.807) is 0 Å². The zero-order chi connectivity index (χ0) is 37.5. The van der Waals surface area contributed by atoms with E-state index in [2.05, 4.69) is 199 Å². The Kier molecular flexibility index (Phi) is 6.93. The number of hydrogen-bond acceptors (Lipinski definition) is 3. The molecule has 12 rings (SSSR count). The normalized spacial score (nSPS) is 11.9. The molecule has 266 valence electrons. The van der Waals surface area contributed by atoms with Crippen LogP contribution in [0.4, 0.5) is 17.1 Å². The number of nitrogens with zero attached hydrogens (tertiary/aromatic N) is 1. The summed E-state index contributed by atoms with van der Waals surface area (Å²) in [5.74, 6) is 0. The Hall–Kier alpha value is -7.62. The molecule has 0 bridgehead atoms. The van der Waals surface area contributed by atoms with Gasteiger partial charge in [0.1, 0.15) is 22.3 Å². The number of para-hydroxylation sites is 2. The zero-order valence-corrected chi connectivity index (χ0v) is 30.8. The van der Waals surface area contributed by atoms with Gasteiger partial charge in [-0.1, -0.05) is 152 Å². The van der Waals surface area contributed by atoms with E-state index in [1.165, 1.54) is 32.3 Å². The molecule has 3 nitrogen and oxygen atoms in total. The van der Waals surface area contributed by atoms with Crippen LogP contribution < -0.4 is 4.90 Å². The second-order valence-corrected chi connectivity index (χ2v) is 14.8. The van der Waals surface area contributed by atoms with Gasteiger partial charge in [0.15, 0.2) is 0 Å². The minimum absolute atomic E-state index is 0.900. The van der Waals surface area contributed by atoms with Gasteiger partial charge in [-0.3, -0.25) is 0 Å². The number of fused-ring (bicyclic) bond motifs is 11. The van der Waals surface area contributed by atoms with Crippen molar-refractivity contribution in [3.63, 3.8) is 0 Å². The van der Waals surface area contributed by atoms with Crippen LogP contribution in [0.5, 0.6) is 0 Å². The summed E-state index contributed by atoms with van der Waals surface area (Å²) in [4.78, 5) is 2.36. The third kappa shape index (κ3) is 4.92. The van der Waals surface area contributed by atoms with Crippen molar-refractivity contribution < 1.29 is 8.83 Å². The van der Waals surface area contributed by atoms with E-state index in [0.717, 1.165) is 83.2 Å². The van der Waals surface area contributed by atoms with Crippen molar-refractivity contribution in [2.24, 2.45) is 0 Å². The quantitative estimate of drug-likeness (QED) is 0.177. The molecule has 0 amide bonds. The average Bonchev–Trinajstić information content (AvgIpc) is 3.87. The van der Waals surface area contributed by atoms with Crippen molar-refractivity contribution in [1.82, 2.24) is 0 Å². The molecule has 2 aromatic heterocycles. The molecule has 0 spiro atoms. The maximum absolute atomic E-state index is 6.61. The van der Waals surface area contributed by atoms with Crippen LogP contribution in [-0.2, 0) is 0 Å². The Labute approximate surface area is 328 Å². The standard InChI is InChI=1S/C54H33NO2/c1-4-15-41-34(11-1)14-9-21-48(41)55(39-28-23-36(24-29-39)44-19-10-20-46-51-42-16-5-2-12-35(42)27-32-50(51)57-53(44)46)40-30-25-37(26-31-40)47-33-38-13-3-6-17-43(38)52-45-18-7-8-22-49(45)56-54(47)52/h1-33H. The lowest BCUT2D eigenvalue weighted by Gasteiger charge is -2.27. The molecule has 3 heteroatoms. The lowest BCUT2D eigenvalue weighted by molar-refractivity contribution is 0.670. The Morgan fingerprint density at radius 3 is 1.61 bits per heavy atom. The van der Waals surface area contributed by atoms with Crippen LogP contribution >= 0.6 is 0 Å². The second-order valence-electron chi connectivity index (χ2n) is 14.8. The molecule has 57 heavy (non-hydrogen) atoms. The van der Waals surface area contributed by atoms with E-state index in [1.807, 2.05) is 6.07 Å². The predicted molar refractivity (Wildman–Crippen MR) is 239 cm³/mol. The number of anilines is 3. The molecule has 0 radical (unpaired) electrons. The summed E-state index contributed by atoms with van der Waals surface area (Å²) in [6.07, 6.45) is 0. The molecule has 0 aliphatic heterocycles. The van der Waals surface area contributed by atoms with Gasteiger partial charge in [-0.05, 0) is 86.6 Å². The number of furan rings is 2. The first-order chi connectivity index (χ1) is 28.3. The summed E-state index contributed by atoms with van der Waals surface area (Å²) < 4.78 is 13.2. The van der Waals surface area contributed by atoms with Crippen LogP contribution in [0.15, 0.2) is 209 Å². The van der Waals surface area contributed by atoms with Crippen LogP contribution in [0.1, 0.15) is 0 Å². The fourth-order valence-corrected chi connectivity index (χ4v) is 8.99. The van der Waals surface area contributed by atoms with Crippen molar-refractivity contribution in [2.75, 3.05) is 4.90 Å². The minimum atomic E-state index is 0.900. The molecular formula is C54H33NO2. The van der Waals surface area contributed by atoms with Crippen molar-refractivity contribution in [3.8, 4) is 22.3 Å². The molecule has 0 saturated carbocycles. The van der Waals surface area contributed by atoms with Crippen molar-refractivity contribution >= 4 is 93.3 Å². The largest absolute Gasteiger partial charge is 0.455 e. The first-order valence-corrected chi connectivity index (χ1v) is 19.4. The average molecular weight is 728 g/mol. The van der Waals surface area contributed by atoms with Crippen molar-refractivity contribution in [3.05, 3.63) is 200 Å². The van der Waals surface area contributed by atoms with Gasteiger partial charge in [-0.25, -0.2) is 0 Å². The molecule has 12 aromatic rings. The maximum Gasteiger partial charge on any atom is 0.143 e. The minimum Gasteiger partial charge on any atom is -0.455 e. The van der Waals surface area contributed by atoms with Gasteiger partial charge >= 0.3 is 0 Å². The smallest absolute Gasteiger partial charge is 0.143 e. The van der Waals surface area contributed by atoms with E-state index in [0.29, 0.717) is 0 Å². The monoisotopic (exact) mass is 727 g/mol. The first kappa shape index (κ1) is 31.7. The van der Waals surface area contributed by atoms with Gasteiger partial charge < -0.3 is 13.7 Å². The highest BCUT2D eigenvalue weighted by atomic mass is 16.3. The van der Waals surface area contributed by atoms with E-state index in [-0.39, 0.29) is 0 Å². The molecule has 0 saturated heterocycles. The molecular weight excluding hydrogens is 695 g/mol. The lowest BCUT2D eigenvalue weighted by Crippen LogP contribution is -2.10. The van der Waals surface area contributed by atoms with Crippen LogP contribution in [0.2, 0.25) is 0 Å². The zero-order valence-electron chi connectivity index (χ0n) is 30.8. The van der Waals surface area contributed by atoms with Crippen LogP contribution in [0.3, 0.4) is 0 Å². The highest BCUT2D eigenvalue weighted by molar-refractivity contribution is 6.23. The van der Waals surface area contributed by atoms with Crippen LogP contribution in [0, 0.1) is 0 Å². The third-order valence-electron chi connectivity index (χ3n) is 11.6. The van der Waals surface area contributed by atoms with Gasteiger partial charge in [0.2, 0.25) is 0 Å². The van der Waals surface area contributed by atoms with Gasteiger partial charge in [0, 0.05) is 49.4 Å². The van der Waals surface area contributed by atoms with Crippen molar-refractivity contribution in [2.45, 2.75) is 0 Å². The van der Waals surface area contributed by atoms with Gasteiger partial charge in [0.05, 0.1) is 5.69 Å². The molecule has 0 aliphatic rings. The molecule has 0 fully saturated rings. The Bertz CT molecular complexity index is 3510. The highest BCUT2D eigenvalue weighted by Crippen LogP contribution is 2.45. The predicted octanol–water partition coefficient (Wildman–Crippen LogP) is 15.7. The Balaban J connectivity index is 0.995. The molecule has 0 N–H and O–H groups in total. The summed E-state index contributed by atoms with van der Waals surface area (Å²) in [6.45, 7) is 0. The summed E-state index contributed by atoms with van der Waals surface area (Å²) in [6, 6.07) is 71.4. The summed E-state index contributed by atoms with van der Waals surface area (Å²) in [5, 5.41) is 11.8. The van der Waals surface area contributed by atoms with E-state index in [9.17, 15) is 0 Å². The summed E-state index contributed by atoms with van der Waals surface area (Å²) in [7, 11) is 0. The maximum atomic E-state index is 6.61. The Morgan fingerprint density at radius 1 is 0.316 bits per heavy atom. The second kappa shape index (κ2) is 12.5. The van der Waals surface area contributed by atoms with Crippen LogP contribution in [-0.4, -0.2) is 0 Å². The molecule has 0 aliphatic carbocycles. The van der Waals surface area contributed by atoms with E-state index < -0.39 is 0 Å². The highest BCUT2D eigenvalue weighted by Gasteiger charge is 2.20. The molecule has 0 unspecified atom stereocenters. The topological polar surface area (TPSA) is 29.5 Å². The number of benzene rings is 10. The van der Waals surface area contributed by atoms with Crippen LogP contribution in [0.25, 0.3) is 98.4 Å². The van der Waals surface area contributed by atoms with E-state index >= 15 is 0 Å². The van der Waals surface area contributed by atoms with Gasteiger partial charge in [-0.2, -0.15) is 0 Å². The fraction of sp³-hybridized carbons (Fsp3) is 0. The number of rotatable bonds is 5. The SMILES string of the molecule is c1ccc2c(N(c3ccc(-c4cccc5c4oc4ccc6ccccc6c45)cc3)c3ccc(-c4cc5ccccc5c5c4oc4ccccc45)cc3)cccc2c1. The molecule has 2 heterocycles. The third-order valence-corrected chi connectivity index (χ3v) is 11.6. The summed E-state index contributed by atoms with van der Waals surface area (Å²) in [5.41, 5.74) is 11.2. The lowest BCUT2D eigenvalue weighted by atomic mass is 9.96. The fourth-order valence-electron chi connectivity index (χ4n) is 8.99. The van der Waals surface area contributed by atoms with Gasteiger partial charge in [0.25, 0.3) is 0 Å². The van der Waals surface area contributed by atoms with E-state index in [4.69, 9.17) is 8.83 Å².